The monoisotopic (exact) mass is 244 g/mol. The molecule has 0 heterocycles. The van der Waals surface area contributed by atoms with E-state index in [2.05, 4.69) is 17.3 Å². The average Bonchev–Trinajstić information content (AvgIpc) is 2.31. The topological polar surface area (TPSA) is 50.8 Å². The fraction of sp³-hybridized carbons (Fsp3) is 0.750. The number of hydrogen-bond acceptors (Lipinski definition) is 5. The molecule has 0 aromatic rings. The van der Waals surface area contributed by atoms with E-state index in [4.69, 9.17) is 9.47 Å². The molecule has 0 aromatic carbocycles. The van der Waals surface area contributed by atoms with Crippen LogP contribution in [0.4, 0.5) is 0 Å². The fourth-order valence-electron chi connectivity index (χ4n) is 1.16. The van der Waals surface area contributed by atoms with E-state index in [9.17, 15) is 4.79 Å². The first-order valence-electron chi connectivity index (χ1n) is 5.92. The molecule has 1 N–H and O–H groups in total. The number of esters is 1. The predicted octanol–water partition coefficient (Wildman–Crippen LogP) is 0.274. The van der Waals surface area contributed by atoms with Crippen molar-refractivity contribution in [2.24, 2.45) is 0 Å². The van der Waals surface area contributed by atoms with Gasteiger partial charge in [0.25, 0.3) is 0 Å². The third-order valence-corrected chi connectivity index (χ3v) is 2.15. The van der Waals surface area contributed by atoms with Crippen LogP contribution < -0.4 is 5.32 Å². The SMILES string of the molecule is CCOC(=O)/C=C/CNCCN(C)CCOC. The lowest BCUT2D eigenvalue weighted by atomic mass is 10.4. The van der Waals surface area contributed by atoms with Gasteiger partial charge in [-0.15, -0.1) is 0 Å². The van der Waals surface area contributed by atoms with Gasteiger partial charge in [-0.1, -0.05) is 6.08 Å². The maximum atomic E-state index is 10.9. The molecule has 0 fully saturated rings. The molecule has 0 atom stereocenters. The summed E-state index contributed by atoms with van der Waals surface area (Å²) in [5.41, 5.74) is 0. The number of carbonyl (C=O) groups is 1. The van der Waals surface area contributed by atoms with Crippen molar-refractivity contribution in [3.05, 3.63) is 12.2 Å². The molecule has 0 radical (unpaired) electrons. The molecule has 5 nitrogen and oxygen atoms in total. The zero-order chi connectivity index (χ0) is 12.9. The van der Waals surface area contributed by atoms with E-state index < -0.39 is 0 Å². The van der Waals surface area contributed by atoms with Gasteiger partial charge in [0.2, 0.25) is 0 Å². The summed E-state index contributed by atoms with van der Waals surface area (Å²) < 4.78 is 9.74. The first-order valence-corrected chi connectivity index (χ1v) is 5.92. The lowest BCUT2D eigenvalue weighted by molar-refractivity contribution is -0.137. The predicted molar refractivity (Wildman–Crippen MR) is 68.0 cm³/mol. The Morgan fingerprint density at radius 2 is 2.18 bits per heavy atom. The molecule has 0 aliphatic heterocycles. The van der Waals surface area contributed by atoms with E-state index >= 15 is 0 Å². The highest BCUT2D eigenvalue weighted by atomic mass is 16.5. The summed E-state index contributed by atoms with van der Waals surface area (Å²) in [4.78, 5) is 13.1. The van der Waals surface area contributed by atoms with Crippen LogP contribution in [0.1, 0.15) is 6.92 Å². The minimum absolute atomic E-state index is 0.286. The third kappa shape index (κ3) is 11.4. The molecule has 0 bridgehead atoms. The summed E-state index contributed by atoms with van der Waals surface area (Å²) in [6, 6.07) is 0. The summed E-state index contributed by atoms with van der Waals surface area (Å²) in [6.45, 7) is 6.40. The second-order valence-corrected chi connectivity index (χ2v) is 3.65. The van der Waals surface area contributed by atoms with E-state index in [1.165, 1.54) is 6.08 Å². The molecule has 17 heavy (non-hydrogen) atoms. The van der Waals surface area contributed by atoms with Crippen LogP contribution in [-0.4, -0.2) is 64.4 Å². The Kier molecular flexibility index (Phi) is 11.0. The van der Waals surface area contributed by atoms with Crippen LogP contribution in [0.2, 0.25) is 0 Å². The van der Waals surface area contributed by atoms with Gasteiger partial charge < -0.3 is 19.7 Å². The highest BCUT2D eigenvalue weighted by Crippen LogP contribution is 1.82. The molecule has 0 amide bonds. The Bertz CT molecular complexity index is 220. The Balaban J connectivity index is 3.36. The number of rotatable bonds is 10. The molecule has 100 valence electrons. The van der Waals surface area contributed by atoms with Crippen molar-refractivity contribution in [1.29, 1.82) is 0 Å². The van der Waals surface area contributed by atoms with E-state index in [1.54, 1.807) is 20.1 Å². The summed E-state index contributed by atoms with van der Waals surface area (Å²) in [6.07, 6.45) is 3.22. The van der Waals surface area contributed by atoms with Crippen molar-refractivity contribution < 1.29 is 14.3 Å². The normalized spacial score (nSPS) is 11.3. The van der Waals surface area contributed by atoms with Gasteiger partial charge in [-0.2, -0.15) is 0 Å². The van der Waals surface area contributed by atoms with Crippen LogP contribution in [0.25, 0.3) is 0 Å². The number of carbonyl (C=O) groups excluding carboxylic acids is 1. The smallest absolute Gasteiger partial charge is 0.330 e. The van der Waals surface area contributed by atoms with Gasteiger partial charge in [0.15, 0.2) is 0 Å². The van der Waals surface area contributed by atoms with Crippen molar-refractivity contribution in [2.45, 2.75) is 6.92 Å². The van der Waals surface area contributed by atoms with Gasteiger partial charge in [-0.05, 0) is 14.0 Å². The molecular weight excluding hydrogens is 220 g/mol. The fourth-order valence-corrected chi connectivity index (χ4v) is 1.16. The molecule has 0 aromatic heterocycles. The Morgan fingerprint density at radius 3 is 2.82 bits per heavy atom. The third-order valence-electron chi connectivity index (χ3n) is 2.15. The summed E-state index contributed by atoms with van der Waals surface area (Å²) in [5.74, 6) is -0.286. The van der Waals surface area contributed by atoms with Crippen LogP contribution in [0.15, 0.2) is 12.2 Å². The summed E-state index contributed by atoms with van der Waals surface area (Å²) in [7, 11) is 3.75. The van der Waals surface area contributed by atoms with Crippen LogP contribution in [-0.2, 0) is 14.3 Å². The lowest BCUT2D eigenvalue weighted by Gasteiger charge is -2.15. The summed E-state index contributed by atoms with van der Waals surface area (Å²) >= 11 is 0. The highest BCUT2D eigenvalue weighted by molar-refractivity contribution is 5.81. The summed E-state index contributed by atoms with van der Waals surface area (Å²) in [5, 5.41) is 3.21. The molecule has 0 saturated carbocycles. The molecule has 0 unspecified atom stereocenters. The minimum atomic E-state index is -0.286. The molecule has 0 rings (SSSR count). The maximum Gasteiger partial charge on any atom is 0.330 e. The van der Waals surface area contributed by atoms with Crippen LogP contribution in [0.5, 0.6) is 0 Å². The van der Waals surface area contributed by atoms with Gasteiger partial charge in [0.05, 0.1) is 13.2 Å². The number of nitrogens with zero attached hydrogens (tertiary/aromatic N) is 1. The molecule has 0 aliphatic carbocycles. The van der Waals surface area contributed by atoms with E-state index in [1.807, 2.05) is 0 Å². The van der Waals surface area contributed by atoms with Gasteiger partial charge in [-0.3, -0.25) is 0 Å². The van der Waals surface area contributed by atoms with Crippen LogP contribution in [0.3, 0.4) is 0 Å². The van der Waals surface area contributed by atoms with Crippen molar-refractivity contribution in [1.82, 2.24) is 10.2 Å². The second-order valence-electron chi connectivity index (χ2n) is 3.65. The number of likely N-dealkylation sites (N-methyl/N-ethyl adjacent to an activating group) is 1. The van der Waals surface area contributed by atoms with E-state index in [0.29, 0.717) is 13.2 Å². The first kappa shape index (κ1) is 16.1. The molecule has 0 aliphatic rings. The van der Waals surface area contributed by atoms with Gasteiger partial charge in [-0.25, -0.2) is 4.79 Å². The maximum absolute atomic E-state index is 10.9. The Labute approximate surface area is 104 Å². The highest BCUT2D eigenvalue weighted by Gasteiger charge is 1.96. The molecule has 0 spiro atoms. The zero-order valence-electron chi connectivity index (χ0n) is 11.1. The number of methoxy groups -OCH3 is 1. The standard InChI is InChI=1S/C12H24N2O3/c1-4-17-12(15)6-5-7-13-8-9-14(2)10-11-16-3/h5-6,13H,4,7-11H2,1-3H3/b6-5+. The Hall–Kier alpha value is -0.910. The number of nitrogens with one attached hydrogen (secondary N) is 1. The number of ether oxygens (including phenoxy) is 2. The molecular formula is C12H24N2O3. The molecule has 0 saturated heterocycles. The second kappa shape index (κ2) is 11.6. The van der Waals surface area contributed by atoms with Gasteiger partial charge in [0.1, 0.15) is 0 Å². The van der Waals surface area contributed by atoms with E-state index in [-0.39, 0.29) is 5.97 Å². The largest absolute Gasteiger partial charge is 0.463 e. The van der Waals surface area contributed by atoms with Crippen LogP contribution >= 0.6 is 0 Å². The average molecular weight is 244 g/mol. The van der Waals surface area contributed by atoms with Crippen molar-refractivity contribution in [2.75, 3.05) is 53.6 Å². The number of hydrogen-bond donors (Lipinski definition) is 1. The van der Waals surface area contributed by atoms with Gasteiger partial charge in [0, 0.05) is 39.4 Å². The first-order chi connectivity index (χ1) is 8.20. The lowest BCUT2D eigenvalue weighted by Crippen LogP contribution is -2.31. The quantitative estimate of drug-likeness (QED) is 0.340. The van der Waals surface area contributed by atoms with E-state index in [0.717, 1.165) is 26.2 Å². The minimum Gasteiger partial charge on any atom is -0.463 e. The van der Waals surface area contributed by atoms with Crippen molar-refractivity contribution in [3.8, 4) is 0 Å². The Morgan fingerprint density at radius 1 is 1.41 bits per heavy atom. The van der Waals surface area contributed by atoms with Crippen molar-refractivity contribution >= 4 is 5.97 Å². The zero-order valence-corrected chi connectivity index (χ0v) is 11.1. The molecule has 5 heteroatoms. The van der Waals surface area contributed by atoms with Crippen LogP contribution in [0, 0.1) is 0 Å². The van der Waals surface area contributed by atoms with Gasteiger partial charge >= 0.3 is 5.97 Å². The van der Waals surface area contributed by atoms with Crippen molar-refractivity contribution in [3.63, 3.8) is 0 Å².